The fourth-order valence-electron chi connectivity index (χ4n) is 2.13. The first-order valence-electron chi connectivity index (χ1n) is 9.27. The van der Waals surface area contributed by atoms with Gasteiger partial charge in [0.15, 0.2) is 0 Å². The smallest absolute Gasteiger partial charge is 0.411 e. The summed E-state index contributed by atoms with van der Waals surface area (Å²) >= 11 is 0. The summed E-state index contributed by atoms with van der Waals surface area (Å²) in [5, 5.41) is 2.68. The van der Waals surface area contributed by atoms with Crippen molar-refractivity contribution in [2.75, 3.05) is 18.5 Å². The predicted octanol–water partition coefficient (Wildman–Crippen LogP) is 4.79. The SMILES string of the molecule is CC(C)(C)CC(=O)OCCC(COC(C)(C)C)OC(=O)Nc1ccccc1. The molecule has 0 aromatic heterocycles. The van der Waals surface area contributed by atoms with Crippen LogP contribution in [0.2, 0.25) is 0 Å². The lowest BCUT2D eigenvalue weighted by atomic mass is 9.92. The Morgan fingerprint density at radius 3 is 2.22 bits per heavy atom. The van der Waals surface area contributed by atoms with E-state index in [2.05, 4.69) is 5.32 Å². The van der Waals surface area contributed by atoms with E-state index < -0.39 is 12.2 Å². The summed E-state index contributed by atoms with van der Waals surface area (Å²) in [5.74, 6) is -0.258. The summed E-state index contributed by atoms with van der Waals surface area (Å²) in [5.41, 5.74) is 0.160. The largest absolute Gasteiger partial charge is 0.466 e. The van der Waals surface area contributed by atoms with Crippen molar-refractivity contribution >= 4 is 17.7 Å². The van der Waals surface area contributed by atoms with Gasteiger partial charge in [-0.2, -0.15) is 0 Å². The molecule has 1 aromatic rings. The van der Waals surface area contributed by atoms with Crippen LogP contribution in [0.25, 0.3) is 0 Å². The Morgan fingerprint density at radius 2 is 1.67 bits per heavy atom. The quantitative estimate of drug-likeness (QED) is 0.658. The molecule has 1 amide bonds. The van der Waals surface area contributed by atoms with Crippen LogP contribution in [0.5, 0.6) is 0 Å². The Bertz CT molecular complexity index is 587. The Labute approximate surface area is 162 Å². The van der Waals surface area contributed by atoms with Gasteiger partial charge in [-0.15, -0.1) is 0 Å². The van der Waals surface area contributed by atoms with Crippen LogP contribution in [0.4, 0.5) is 10.5 Å². The number of amides is 1. The van der Waals surface area contributed by atoms with Gasteiger partial charge in [-0.3, -0.25) is 10.1 Å². The van der Waals surface area contributed by atoms with Crippen LogP contribution in [0, 0.1) is 5.41 Å². The highest BCUT2D eigenvalue weighted by Crippen LogP contribution is 2.19. The lowest BCUT2D eigenvalue weighted by Crippen LogP contribution is -2.32. The normalized spacial score (nSPS) is 13.0. The minimum absolute atomic E-state index is 0.127. The molecular weight excluding hydrogens is 346 g/mol. The number of para-hydroxylation sites is 1. The van der Waals surface area contributed by atoms with Crippen LogP contribution in [0.3, 0.4) is 0 Å². The molecule has 0 bridgehead atoms. The van der Waals surface area contributed by atoms with E-state index in [9.17, 15) is 9.59 Å². The first-order chi connectivity index (χ1) is 12.4. The maximum Gasteiger partial charge on any atom is 0.411 e. The van der Waals surface area contributed by atoms with Crippen molar-refractivity contribution in [1.82, 2.24) is 0 Å². The molecule has 1 rings (SSSR count). The van der Waals surface area contributed by atoms with Crippen LogP contribution in [0.1, 0.15) is 54.4 Å². The Hall–Kier alpha value is -2.08. The highest BCUT2D eigenvalue weighted by molar-refractivity contribution is 5.84. The van der Waals surface area contributed by atoms with E-state index in [-0.39, 0.29) is 30.2 Å². The lowest BCUT2D eigenvalue weighted by Gasteiger charge is -2.25. The molecule has 1 N–H and O–H groups in total. The number of anilines is 1. The van der Waals surface area contributed by atoms with Crippen LogP contribution in [-0.4, -0.2) is 37.0 Å². The van der Waals surface area contributed by atoms with Gasteiger partial charge in [0, 0.05) is 12.1 Å². The zero-order valence-corrected chi connectivity index (χ0v) is 17.3. The second-order valence-corrected chi connectivity index (χ2v) is 8.69. The Morgan fingerprint density at radius 1 is 1.04 bits per heavy atom. The van der Waals surface area contributed by atoms with Gasteiger partial charge < -0.3 is 14.2 Å². The Kier molecular flexibility index (Phi) is 8.76. The number of ether oxygens (including phenoxy) is 3. The molecular formula is C21H33NO5. The summed E-state index contributed by atoms with van der Waals surface area (Å²) in [6.07, 6.45) is -0.375. The lowest BCUT2D eigenvalue weighted by molar-refractivity contribution is -0.146. The van der Waals surface area contributed by atoms with Crippen LogP contribution in [-0.2, 0) is 19.0 Å². The molecule has 0 aliphatic carbocycles. The molecule has 0 heterocycles. The number of esters is 1. The van der Waals surface area contributed by atoms with E-state index >= 15 is 0 Å². The maximum absolute atomic E-state index is 12.1. The van der Waals surface area contributed by atoms with Gasteiger partial charge in [0.1, 0.15) is 6.10 Å². The standard InChI is InChI=1S/C21H33NO5/c1-20(2,3)14-18(23)25-13-12-17(15-26-21(4,5)6)27-19(24)22-16-10-8-7-9-11-16/h7-11,17H,12-15H2,1-6H3,(H,22,24). The van der Waals surface area contributed by atoms with Gasteiger partial charge in [-0.05, 0) is 38.3 Å². The predicted molar refractivity (Wildman–Crippen MR) is 106 cm³/mol. The van der Waals surface area contributed by atoms with Gasteiger partial charge in [0.2, 0.25) is 0 Å². The highest BCUT2D eigenvalue weighted by Gasteiger charge is 2.21. The average molecular weight is 379 g/mol. The monoisotopic (exact) mass is 379 g/mol. The molecule has 0 fully saturated rings. The molecule has 0 saturated carbocycles. The molecule has 1 aromatic carbocycles. The third-order valence-electron chi connectivity index (χ3n) is 3.37. The minimum atomic E-state index is -0.565. The van der Waals surface area contributed by atoms with E-state index in [4.69, 9.17) is 14.2 Å². The summed E-state index contributed by atoms with van der Waals surface area (Å²) in [6, 6.07) is 9.06. The first-order valence-corrected chi connectivity index (χ1v) is 9.27. The van der Waals surface area contributed by atoms with Crippen molar-refractivity contribution in [3.63, 3.8) is 0 Å². The Balaban J connectivity index is 2.53. The first kappa shape index (κ1) is 23.0. The molecule has 6 nitrogen and oxygen atoms in total. The summed E-state index contributed by atoms with van der Waals surface area (Å²) in [4.78, 5) is 24.0. The number of hydrogen-bond donors (Lipinski definition) is 1. The van der Waals surface area contributed by atoms with E-state index in [1.807, 2.05) is 59.7 Å². The molecule has 0 aliphatic rings. The number of hydrogen-bond acceptors (Lipinski definition) is 5. The third-order valence-corrected chi connectivity index (χ3v) is 3.37. The van der Waals surface area contributed by atoms with E-state index in [1.165, 1.54) is 0 Å². The molecule has 0 spiro atoms. The second-order valence-electron chi connectivity index (χ2n) is 8.69. The molecule has 0 aliphatic heterocycles. The van der Waals surface area contributed by atoms with Gasteiger partial charge >= 0.3 is 12.1 Å². The number of benzene rings is 1. The topological polar surface area (TPSA) is 73.9 Å². The number of rotatable bonds is 8. The third kappa shape index (κ3) is 12.0. The van der Waals surface area contributed by atoms with Crippen molar-refractivity contribution in [1.29, 1.82) is 0 Å². The van der Waals surface area contributed by atoms with Crippen molar-refractivity contribution < 1.29 is 23.8 Å². The average Bonchev–Trinajstić information content (AvgIpc) is 2.50. The molecule has 152 valence electrons. The molecule has 1 unspecified atom stereocenters. The van der Waals surface area contributed by atoms with Gasteiger partial charge in [-0.1, -0.05) is 39.0 Å². The molecule has 27 heavy (non-hydrogen) atoms. The van der Waals surface area contributed by atoms with Crippen LogP contribution >= 0.6 is 0 Å². The van der Waals surface area contributed by atoms with E-state index in [0.29, 0.717) is 18.5 Å². The molecule has 1 atom stereocenters. The zero-order valence-electron chi connectivity index (χ0n) is 17.3. The molecule has 0 saturated heterocycles. The molecule has 6 heteroatoms. The second kappa shape index (κ2) is 10.3. The fourth-order valence-corrected chi connectivity index (χ4v) is 2.13. The van der Waals surface area contributed by atoms with Crippen molar-refractivity contribution in [2.45, 2.75) is 66.1 Å². The van der Waals surface area contributed by atoms with Gasteiger partial charge in [0.05, 0.1) is 25.2 Å². The van der Waals surface area contributed by atoms with Crippen LogP contribution in [0.15, 0.2) is 30.3 Å². The van der Waals surface area contributed by atoms with E-state index in [1.54, 1.807) is 12.1 Å². The van der Waals surface area contributed by atoms with Gasteiger partial charge in [-0.25, -0.2) is 4.79 Å². The van der Waals surface area contributed by atoms with Crippen molar-refractivity contribution in [3.8, 4) is 0 Å². The highest BCUT2D eigenvalue weighted by atomic mass is 16.6. The minimum Gasteiger partial charge on any atom is -0.466 e. The fraction of sp³-hybridized carbons (Fsp3) is 0.619. The summed E-state index contributed by atoms with van der Waals surface area (Å²) < 4.78 is 16.5. The van der Waals surface area contributed by atoms with Gasteiger partial charge in [0.25, 0.3) is 0 Å². The number of carbonyl (C=O) groups is 2. The van der Waals surface area contributed by atoms with Crippen LogP contribution < -0.4 is 5.32 Å². The number of carbonyl (C=O) groups excluding carboxylic acids is 2. The zero-order chi connectivity index (χ0) is 20.5. The van der Waals surface area contributed by atoms with Crippen molar-refractivity contribution in [2.24, 2.45) is 5.41 Å². The summed E-state index contributed by atoms with van der Waals surface area (Å²) in [7, 11) is 0. The maximum atomic E-state index is 12.1. The van der Waals surface area contributed by atoms with E-state index in [0.717, 1.165) is 0 Å². The van der Waals surface area contributed by atoms with Crippen molar-refractivity contribution in [3.05, 3.63) is 30.3 Å². The number of nitrogens with one attached hydrogen (secondary N) is 1. The summed E-state index contributed by atoms with van der Waals surface area (Å²) in [6.45, 7) is 12.1. The molecule has 0 radical (unpaired) electrons.